The lowest BCUT2D eigenvalue weighted by molar-refractivity contribution is -0.123. The van der Waals surface area contributed by atoms with Crippen molar-refractivity contribution < 1.29 is 9.59 Å². The van der Waals surface area contributed by atoms with Crippen molar-refractivity contribution in [1.82, 2.24) is 5.32 Å². The van der Waals surface area contributed by atoms with E-state index in [4.69, 9.17) is 0 Å². The number of benzene rings is 1. The van der Waals surface area contributed by atoms with Gasteiger partial charge in [-0.15, -0.1) is 0 Å². The number of nitrogens with one attached hydrogen (secondary N) is 3. The van der Waals surface area contributed by atoms with E-state index in [2.05, 4.69) is 16.0 Å². The zero-order valence-electron chi connectivity index (χ0n) is 13.0. The fourth-order valence-corrected chi connectivity index (χ4v) is 2.27. The summed E-state index contributed by atoms with van der Waals surface area (Å²) < 4.78 is 0. The van der Waals surface area contributed by atoms with E-state index < -0.39 is 0 Å². The molecule has 0 saturated heterocycles. The van der Waals surface area contributed by atoms with Crippen LogP contribution in [0.5, 0.6) is 0 Å². The van der Waals surface area contributed by atoms with Crippen LogP contribution < -0.4 is 16.0 Å². The Balaban J connectivity index is 2.03. The number of hydrogen-bond donors (Lipinski definition) is 3. The molecule has 1 heterocycles. The summed E-state index contributed by atoms with van der Waals surface area (Å²) in [5, 5.41) is 9.00. The van der Waals surface area contributed by atoms with Crippen molar-refractivity contribution in [2.75, 3.05) is 10.6 Å². The molecule has 1 aliphatic rings. The van der Waals surface area contributed by atoms with Gasteiger partial charge >= 0.3 is 0 Å². The average molecular weight is 289 g/mol. The van der Waals surface area contributed by atoms with Gasteiger partial charge in [0, 0.05) is 23.3 Å². The standard InChI is InChI=1S/C16H23N3O2/c1-10(15(21)19-16(2,3)4)17-12-6-7-13-11(9-12)5-8-14(20)18-13/h6-7,9-10,17H,5,8H2,1-4H3,(H,18,20)(H,19,21)/t10-/m0/s1. The summed E-state index contributed by atoms with van der Waals surface area (Å²) in [4.78, 5) is 23.4. The van der Waals surface area contributed by atoms with Crippen LogP contribution in [0.25, 0.3) is 0 Å². The van der Waals surface area contributed by atoms with Gasteiger partial charge in [0.25, 0.3) is 0 Å². The van der Waals surface area contributed by atoms with Crippen LogP contribution in [-0.2, 0) is 16.0 Å². The maximum atomic E-state index is 12.1. The molecule has 5 nitrogen and oxygen atoms in total. The summed E-state index contributed by atoms with van der Waals surface area (Å²) in [5.74, 6) is 0.0228. The van der Waals surface area contributed by atoms with Gasteiger partial charge in [-0.1, -0.05) is 0 Å². The largest absolute Gasteiger partial charge is 0.374 e. The smallest absolute Gasteiger partial charge is 0.242 e. The molecule has 0 aromatic heterocycles. The van der Waals surface area contributed by atoms with E-state index in [-0.39, 0.29) is 23.4 Å². The van der Waals surface area contributed by atoms with E-state index in [1.807, 2.05) is 45.9 Å². The number of anilines is 2. The zero-order valence-corrected chi connectivity index (χ0v) is 13.0. The molecule has 0 radical (unpaired) electrons. The van der Waals surface area contributed by atoms with Crippen molar-refractivity contribution in [1.29, 1.82) is 0 Å². The molecule has 114 valence electrons. The summed E-state index contributed by atoms with van der Waals surface area (Å²) in [7, 11) is 0. The molecule has 0 aliphatic carbocycles. The zero-order chi connectivity index (χ0) is 15.6. The van der Waals surface area contributed by atoms with Gasteiger partial charge < -0.3 is 16.0 Å². The fraction of sp³-hybridized carbons (Fsp3) is 0.500. The first-order valence-corrected chi connectivity index (χ1v) is 7.26. The number of carbonyl (C=O) groups excluding carboxylic acids is 2. The van der Waals surface area contributed by atoms with Gasteiger partial charge in [0.2, 0.25) is 11.8 Å². The van der Waals surface area contributed by atoms with Crippen molar-refractivity contribution in [2.45, 2.75) is 52.1 Å². The molecule has 21 heavy (non-hydrogen) atoms. The van der Waals surface area contributed by atoms with E-state index in [9.17, 15) is 9.59 Å². The Kier molecular flexibility index (Phi) is 4.21. The molecule has 1 atom stereocenters. The highest BCUT2D eigenvalue weighted by atomic mass is 16.2. The predicted octanol–water partition coefficient (Wildman–Crippen LogP) is 2.29. The van der Waals surface area contributed by atoms with Crippen molar-refractivity contribution >= 4 is 23.2 Å². The maximum Gasteiger partial charge on any atom is 0.242 e. The van der Waals surface area contributed by atoms with E-state index in [0.717, 1.165) is 23.4 Å². The van der Waals surface area contributed by atoms with E-state index in [1.54, 1.807) is 0 Å². The van der Waals surface area contributed by atoms with Crippen molar-refractivity contribution in [3.8, 4) is 0 Å². The highest BCUT2D eigenvalue weighted by molar-refractivity contribution is 5.94. The number of amides is 2. The van der Waals surface area contributed by atoms with Gasteiger partial charge in [0.05, 0.1) is 0 Å². The SMILES string of the molecule is C[C@H](Nc1ccc2c(c1)CCC(=O)N2)C(=O)NC(C)(C)C. The summed E-state index contributed by atoms with van der Waals surface area (Å²) in [6.07, 6.45) is 1.25. The van der Waals surface area contributed by atoms with Crippen molar-refractivity contribution in [3.63, 3.8) is 0 Å². The molecule has 2 rings (SSSR count). The van der Waals surface area contributed by atoms with Crippen LogP contribution in [0.3, 0.4) is 0 Å². The second-order valence-corrected chi connectivity index (χ2v) is 6.53. The molecule has 0 saturated carbocycles. The van der Waals surface area contributed by atoms with Gasteiger partial charge in [-0.05, 0) is 57.9 Å². The first-order chi connectivity index (χ1) is 9.74. The minimum Gasteiger partial charge on any atom is -0.374 e. The molecule has 1 aromatic carbocycles. The van der Waals surface area contributed by atoms with Gasteiger partial charge in [0.1, 0.15) is 6.04 Å². The lowest BCUT2D eigenvalue weighted by Gasteiger charge is -2.24. The molecule has 2 amide bonds. The Labute approximate surface area is 125 Å². The molecular weight excluding hydrogens is 266 g/mol. The number of hydrogen-bond acceptors (Lipinski definition) is 3. The van der Waals surface area contributed by atoms with Crippen LogP contribution in [0.2, 0.25) is 0 Å². The third-order valence-corrected chi connectivity index (χ3v) is 3.28. The highest BCUT2D eigenvalue weighted by Gasteiger charge is 2.20. The van der Waals surface area contributed by atoms with Gasteiger partial charge in [0.15, 0.2) is 0 Å². The Hall–Kier alpha value is -2.04. The van der Waals surface area contributed by atoms with Crippen LogP contribution in [0.1, 0.15) is 39.7 Å². The molecular formula is C16H23N3O2. The summed E-state index contributed by atoms with van der Waals surface area (Å²) >= 11 is 0. The number of aryl methyl sites for hydroxylation is 1. The number of carbonyl (C=O) groups is 2. The second-order valence-electron chi connectivity index (χ2n) is 6.53. The van der Waals surface area contributed by atoms with Gasteiger partial charge in [-0.25, -0.2) is 0 Å². The van der Waals surface area contributed by atoms with E-state index >= 15 is 0 Å². The fourth-order valence-electron chi connectivity index (χ4n) is 2.27. The Morgan fingerprint density at radius 3 is 2.67 bits per heavy atom. The molecule has 1 aromatic rings. The topological polar surface area (TPSA) is 70.2 Å². The summed E-state index contributed by atoms with van der Waals surface area (Å²) in [6.45, 7) is 7.71. The average Bonchev–Trinajstić information content (AvgIpc) is 2.37. The van der Waals surface area contributed by atoms with Gasteiger partial charge in [-0.2, -0.15) is 0 Å². The van der Waals surface area contributed by atoms with Crippen LogP contribution >= 0.6 is 0 Å². The van der Waals surface area contributed by atoms with Crippen LogP contribution in [-0.4, -0.2) is 23.4 Å². The lowest BCUT2D eigenvalue weighted by Crippen LogP contribution is -2.47. The molecule has 0 fully saturated rings. The molecule has 0 bridgehead atoms. The highest BCUT2D eigenvalue weighted by Crippen LogP contribution is 2.25. The number of fused-ring (bicyclic) bond motifs is 1. The second kappa shape index (κ2) is 5.76. The normalized spacial score (nSPS) is 15.7. The third kappa shape index (κ3) is 4.21. The summed E-state index contributed by atoms with van der Waals surface area (Å²) in [6, 6.07) is 5.43. The summed E-state index contributed by atoms with van der Waals surface area (Å²) in [5.41, 5.74) is 2.61. The Bertz CT molecular complexity index is 561. The lowest BCUT2D eigenvalue weighted by atomic mass is 10.0. The van der Waals surface area contributed by atoms with Gasteiger partial charge in [-0.3, -0.25) is 9.59 Å². The predicted molar refractivity (Wildman–Crippen MR) is 84.4 cm³/mol. The van der Waals surface area contributed by atoms with Crippen molar-refractivity contribution in [2.24, 2.45) is 0 Å². The van der Waals surface area contributed by atoms with Crippen molar-refractivity contribution in [3.05, 3.63) is 23.8 Å². The first-order valence-electron chi connectivity index (χ1n) is 7.26. The molecule has 3 N–H and O–H groups in total. The Morgan fingerprint density at radius 2 is 2.00 bits per heavy atom. The van der Waals surface area contributed by atoms with E-state index in [1.165, 1.54) is 0 Å². The third-order valence-electron chi connectivity index (χ3n) is 3.28. The van der Waals surface area contributed by atoms with E-state index in [0.29, 0.717) is 6.42 Å². The molecule has 0 unspecified atom stereocenters. The van der Waals surface area contributed by atoms with Crippen LogP contribution in [0, 0.1) is 0 Å². The van der Waals surface area contributed by atoms with Crippen LogP contribution in [0.4, 0.5) is 11.4 Å². The maximum absolute atomic E-state index is 12.1. The van der Waals surface area contributed by atoms with Crippen LogP contribution in [0.15, 0.2) is 18.2 Å². The first kappa shape index (κ1) is 15.4. The quantitative estimate of drug-likeness (QED) is 0.799. The minimum absolute atomic E-state index is 0.0338. The monoisotopic (exact) mass is 289 g/mol. The minimum atomic E-state index is -0.319. The molecule has 0 spiro atoms. The Morgan fingerprint density at radius 1 is 1.29 bits per heavy atom. The molecule has 1 aliphatic heterocycles. The molecule has 5 heteroatoms. The number of rotatable bonds is 3.